The average molecular weight is 758 g/mol. The van der Waals surface area contributed by atoms with Crippen LogP contribution in [-0.4, -0.2) is 62.7 Å². The molecule has 10 nitrogen and oxygen atoms in total. The van der Waals surface area contributed by atoms with Gasteiger partial charge in [-0.2, -0.15) is 31.4 Å². The summed E-state index contributed by atoms with van der Waals surface area (Å²) >= 11 is 0. The highest BCUT2D eigenvalue weighted by atomic mass is 19.4. The van der Waals surface area contributed by atoms with E-state index in [0.717, 1.165) is 62.0 Å². The first-order chi connectivity index (χ1) is 25.2. The molecular weight excluding hydrogens is 712 g/mol. The number of alkyl halides is 6. The van der Waals surface area contributed by atoms with Crippen molar-refractivity contribution in [3.63, 3.8) is 0 Å². The van der Waals surface area contributed by atoms with E-state index in [-0.39, 0.29) is 29.8 Å². The van der Waals surface area contributed by atoms with Gasteiger partial charge >= 0.3 is 12.4 Å². The molecule has 16 heteroatoms. The lowest BCUT2D eigenvalue weighted by Crippen LogP contribution is -2.32. The molecule has 2 aliphatic carbocycles. The fourth-order valence-corrected chi connectivity index (χ4v) is 6.23. The minimum Gasteiger partial charge on any atom is -0.383 e. The van der Waals surface area contributed by atoms with E-state index in [0.29, 0.717) is 28.9 Å². The largest absolute Gasteiger partial charge is 0.416 e. The van der Waals surface area contributed by atoms with Crippen molar-refractivity contribution in [2.24, 2.45) is 11.8 Å². The van der Waals surface area contributed by atoms with Crippen molar-refractivity contribution in [3.8, 4) is 0 Å². The van der Waals surface area contributed by atoms with Gasteiger partial charge in [0.25, 0.3) is 0 Å². The highest BCUT2D eigenvalue weighted by Gasteiger charge is 2.38. The SMILES string of the molecule is Cc1nn(C(C)(C)C)c2nc(N(CC3CC3)CC3CC3)c(CN(Cc3cc(C(F)(F)F)cc(C(F)(F)F)c3)c3ncc(NC(=O)/C=C/N(C)C)cn3)cc12. The second kappa shape index (κ2) is 14.7. The Morgan fingerprint density at radius 1 is 0.870 bits per heavy atom. The number of carbonyl (C=O) groups is 1. The summed E-state index contributed by atoms with van der Waals surface area (Å²) in [5, 5.41) is 8.25. The van der Waals surface area contributed by atoms with Crippen molar-refractivity contribution < 1.29 is 31.1 Å². The normalized spacial score (nSPS) is 15.3. The lowest BCUT2D eigenvalue weighted by atomic mass is 10.0. The number of amides is 1. The van der Waals surface area contributed by atoms with Gasteiger partial charge in [0.2, 0.25) is 11.9 Å². The molecule has 0 unspecified atom stereocenters. The zero-order chi connectivity index (χ0) is 39.2. The van der Waals surface area contributed by atoms with Gasteiger partial charge in [0.1, 0.15) is 5.82 Å². The molecule has 54 heavy (non-hydrogen) atoms. The Morgan fingerprint density at radius 3 is 1.94 bits per heavy atom. The van der Waals surface area contributed by atoms with E-state index in [1.807, 2.05) is 38.4 Å². The predicted molar refractivity (Wildman–Crippen MR) is 195 cm³/mol. The molecule has 0 aliphatic heterocycles. The van der Waals surface area contributed by atoms with Gasteiger partial charge in [-0.15, -0.1) is 0 Å². The highest BCUT2D eigenvalue weighted by Crippen LogP contribution is 2.40. The van der Waals surface area contributed by atoms with Crippen LogP contribution in [0.3, 0.4) is 0 Å². The van der Waals surface area contributed by atoms with Crippen LogP contribution in [0.4, 0.5) is 43.8 Å². The van der Waals surface area contributed by atoms with Crippen LogP contribution in [0.5, 0.6) is 0 Å². The van der Waals surface area contributed by atoms with E-state index in [4.69, 9.17) is 10.1 Å². The summed E-state index contributed by atoms with van der Waals surface area (Å²) in [6.45, 7) is 9.15. The van der Waals surface area contributed by atoms with E-state index < -0.39 is 41.5 Å². The highest BCUT2D eigenvalue weighted by molar-refractivity contribution is 5.99. The third kappa shape index (κ3) is 9.61. The van der Waals surface area contributed by atoms with Gasteiger partial charge in [-0.05, 0) is 95.0 Å². The summed E-state index contributed by atoms with van der Waals surface area (Å²) in [7, 11) is 3.51. The minimum atomic E-state index is -5.02. The first kappa shape index (κ1) is 38.8. The van der Waals surface area contributed by atoms with E-state index in [1.54, 1.807) is 25.2 Å². The molecule has 1 aromatic carbocycles. The van der Waals surface area contributed by atoms with Crippen LogP contribution in [0.15, 0.2) is 48.9 Å². The van der Waals surface area contributed by atoms with Gasteiger partial charge in [0, 0.05) is 63.5 Å². The van der Waals surface area contributed by atoms with Crippen molar-refractivity contribution in [2.45, 2.75) is 84.4 Å². The Labute approximate surface area is 310 Å². The van der Waals surface area contributed by atoms with Crippen molar-refractivity contribution in [1.29, 1.82) is 0 Å². The third-order valence-electron chi connectivity index (χ3n) is 9.28. The molecule has 2 aliphatic rings. The molecule has 2 saturated carbocycles. The summed E-state index contributed by atoms with van der Waals surface area (Å²) < 4.78 is 85.6. The number of anilines is 3. The smallest absolute Gasteiger partial charge is 0.383 e. The number of rotatable bonds is 13. The number of aryl methyl sites for hydroxylation is 1. The zero-order valence-electron chi connectivity index (χ0n) is 31.2. The molecule has 0 bridgehead atoms. The lowest BCUT2D eigenvalue weighted by Gasteiger charge is -2.30. The van der Waals surface area contributed by atoms with Crippen LogP contribution >= 0.6 is 0 Å². The molecule has 0 radical (unpaired) electrons. The van der Waals surface area contributed by atoms with Crippen molar-refractivity contribution in [3.05, 3.63) is 76.9 Å². The summed E-state index contributed by atoms with van der Waals surface area (Å²) in [6, 6.07) is 3.54. The Balaban J connectivity index is 1.46. The second-order valence-corrected chi connectivity index (χ2v) is 15.6. The standard InChI is InChI=1S/C38H45F6N9O/c1-23-31-15-27(33(48-34(31)53(49-23)36(2,3)4)51(19-24-7-8-24)20-25-9-10-25)22-52(35-45-17-30(18-46-35)47-32(54)11-12-50(5)6)21-26-13-28(37(39,40)41)16-29(14-26)38(42,43)44/h11-18,24-25H,7-10,19-22H2,1-6H3,(H,47,54)/b12-11+. The van der Waals surface area contributed by atoms with Gasteiger partial charge in [-0.25, -0.2) is 19.6 Å². The van der Waals surface area contributed by atoms with Crippen molar-refractivity contribution >= 4 is 34.4 Å². The van der Waals surface area contributed by atoms with E-state index in [9.17, 15) is 31.1 Å². The number of hydrogen-bond donors (Lipinski definition) is 1. The van der Waals surface area contributed by atoms with Crippen molar-refractivity contribution in [1.82, 2.24) is 29.6 Å². The van der Waals surface area contributed by atoms with Gasteiger partial charge in [-0.3, -0.25) is 4.79 Å². The van der Waals surface area contributed by atoms with Crippen LogP contribution in [0.2, 0.25) is 0 Å². The molecular formula is C38H45F6N9O. The lowest BCUT2D eigenvalue weighted by molar-refractivity contribution is -0.143. The first-order valence-electron chi connectivity index (χ1n) is 17.9. The molecule has 4 aromatic rings. The summed E-state index contributed by atoms with van der Waals surface area (Å²) in [4.78, 5) is 32.0. The monoisotopic (exact) mass is 757 g/mol. The van der Waals surface area contributed by atoms with Gasteiger partial charge in [0.15, 0.2) is 5.65 Å². The van der Waals surface area contributed by atoms with Crippen LogP contribution in [0, 0.1) is 18.8 Å². The molecule has 1 N–H and O–H groups in total. The maximum Gasteiger partial charge on any atom is 0.416 e. The number of aromatic nitrogens is 5. The zero-order valence-corrected chi connectivity index (χ0v) is 31.2. The predicted octanol–water partition coefficient (Wildman–Crippen LogP) is 8.17. The molecule has 290 valence electrons. The molecule has 0 saturated heterocycles. The number of pyridine rings is 1. The van der Waals surface area contributed by atoms with E-state index in [2.05, 4.69) is 20.2 Å². The number of nitrogens with zero attached hydrogens (tertiary/aromatic N) is 8. The molecule has 0 atom stereocenters. The quantitative estimate of drug-likeness (QED) is 0.108. The fourth-order valence-electron chi connectivity index (χ4n) is 6.23. The van der Waals surface area contributed by atoms with Crippen LogP contribution in [-0.2, 0) is 35.8 Å². The van der Waals surface area contributed by atoms with Gasteiger partial charge in [0.05, 0.1) is 40.4 Å². The third-order valence-corrected chi connectivity index (χ3v) is 9.28. The number of benzene rings is 1. The number of hydrogen-bond acceptors (Lipinski definition) is 8. The maximum absolute atomic E-state index is 14.0. The van der Waals surface area contributed by atoms with E-state index in [1.165, 1.54) is 23.4 Å². The summed E-state index contributed by atoms with van der Waals surface area (Å²) in [5.74, 6) is 1.29. The Morgan fingerprint density at radius 2 is 1.44 bits per heavy atom. The number of fused-ring (bicyclic) bond motifs is 1. The average Bonchev–Trinajstić information content (AvgIpc) is 4.02. The number of carbonyl (C=O) groups excluding carboxylic acids is 1. The Bertz CT molecular complexity index is 1960. The number of halogens is 6. The van der Waals surface area contributed by atoms with Crippen LogP contribution < -0.4 is 15.1 Å². The van der Waals surface area contributed by atoms with Crippen molar-refractivity contribution in [2.75, 3.05) is 42.3 Å². The second-order valence-electron chi connectivity index (χ2n) is 15.6. The number of nitrogens with one attached hydrogen (secondary N) is 1. The fraction of sp³-hybridized carbons (Fsp3) is 0.500. The molecule has 1 amide bonds. The minimum absolute atomic E-state index is 0.000874. The van der Waals surface area contributed by atoms with E-state index >= 15 is 0 Å². The summed E-state index contributed by atoms with van der Waals surface area (Å²) in [5.41, 5.74) is -1.07. The molecule has 6 rings (SSSR count). The molecule has 3 heterocycles. The molecule has 3 aromatic heterocycles. The topological polar surface area (TPSA) is 95.3 Å². The van der Waals surface area contributed by atoms with Crippen LogP contribution in [0.25, 0.3) is 11.0 Å². The Hall–Kier alpha value is -4.89. The van der Waals surface area contributed by atoms with Gasteiger partial charge in [-0.1, -0.05) is 0 Å². The maximum atomic E-state index is 14.0. The first-order valence-corrected chi connectivity index (χ1v) is 17.9. The summed E-state index contributed by atoms with van der Waals surface area (Å²) in [6.07, 6.45) is -0.0744. The molecule has 2 fully saturated rings. The Kier molecular flexibility index (Phi) is 10.6. The van der Waals surface area contributed by atoms with Crippen LogP contribution in [0.1, 0.15) is 74.4 Å². The molecule has 0 spiro atoms. The van der Waals surface area contributed by atoms with Gasteiger partial charge < -0.3 is 20.0 Å².